The molecule has 1 rings (SSSR count). The van der Waals surface area contributed by atoms with Gasteiger partial charge in [-0.25, -0.2) is 0 Å². The molecule has 0 aromatic heterocycles. The summed E-state index contributed by atoms with van der Waals surface area (Å²) in [6, 6.07) is 4.24. The van der Waals surface area contributed by atoms with Crippen LogP contribution in [-0.2, 0) is 11.0 Å². The van der Waals surface area contributed by atoms with Crippen LogP contribution in [0.15, 0.2) is 24.3 Å². The quantitative estimate of drug-likeness (QED) is 0.807. The van der Waals surface area contributed by atoms with Crippen molar-refractivity contribution in [2.45, 2.75) is 39.0 Å². The van der Waals surface area contributed by atoms with Crippen molar-refractivity contribution >= 4 is 5.91 Å². The predicted molar refractivity (Wildman–Crippen MR) is 83.8 cm³/mol. The molecule has 3 N–H and O–H groups in total. The van der Waals surface area contributed by atoms with Gasteiger partial charge in [-0.2, -0.15) is 13.2 Å². The second kappa shape index (κ2) is 8.31. The molecule has 0 aliphatic carbocycles. The van der Waals surface area contributed by atoms with E-state index in [2.05, 4.69) is 10.2 Å². The molecule has 1 amide bonds. The highest BCUT2D eigenvalue weighted by Crippen LogP contribution is 2.30. The smallest absolute Gasteiger partial charge is 0.353 e. The average molecular weight is 331 g/mol. The molecule has 7 heteroatoms. The van der Waals surface area contributed by atoms with Crippen LogP contribution in [-0.4, -0.2) is 36.5 Å². The number of likely N-dealkylation sites (N-methyl/N-ethyl adjacent to an activating group) is 1. The Morgan fingerprint density at radius 2 is 1.74 bits per heavy atom. The fraction of sp³-hybridized carbons (Fsp3) is 0.562. The van der Waals surface area contributed by atoms with Gasteiger partial charge in [0.25, 0.3) is 0 Å². The summed E-state index contributed by atoms with van der Waals surface area (Å²) >= 11 is 0. The lowest BCUT2D eigenvalue weighted by Gasteiger charge is -2.30. The normalized spacial score (nSPS) is 14.6. The first kappa shape index (κ1) is 19.4. The average Bonchev–Trinajstić information content (AvgIpc) is 2.50. The maximum atomic E-state index is 12.7. The SMILES string of the molecule is CCN(CC)C(CNC(=O)C(C)N)c1ccc(C(F)(F)F)cc1. The molecule has 23 heavy (non-hydrogen) atoms. The van der Waals surface area contributed by atoms with E-state index in [1.807, 2.05) is 13.8 Å². The van der Waals surface area contributed by atoms with E-state index in [1.54, 1.807) is 6.92 Å². The van der Waals surface area contributed by atoms with E-state index >= 15 is 0 Å². The molecule has 0 aliphatic heterocycles. The maximum absolute atomic E-state index is 12.7. The molecule has 0 radical (unpaired) electrons. The number of hydrogen-bond acceptors (Lipinski definition) is 3. The highest BCUT2D eigenvalue weighted by atomic mass is 19.4. The van der Waals surface area contributed by atoms with Crippen LogP contribution in [0.2, 0.25) is 0 Å². The molecule has 0 heterocycles. The highest BCUT2D eigenvalue weighted by Gasteiger charge is 2.30. The summed E-state index contributed by atoms with van der Waals surface area (Å²) in [6.07, 6.45) is -4.35. The zero-order valence-corrected chi connectivity index (χ0v) is 13.7. The lowest BCUT2D eigenvalue weighted by Crippen LogP contribution is -2.43. The predicted octanol–water partition coefficient (Wildman–Crippen LogP) is 2.55. The zero-order chi connectivity index (χ0) is 17.6. The Morgan fingerprint density at radius 1 is 1.22 bits per heavy atom. The van der Waals surface area contributed by atoms with E-state index < -0.39 is 17.8 Å². The Bertz CT molecular complexity index is 496. The van der Waals surface area contributed by atoms with Gasteiger partial charge in [0.05, 0.1) is 17.6 Å². The van der Waals surface area contributed by atoms with E-state index in [1.165, 1.54) is 12.1 Å². The molecule has 0 aliphatic rings. The number of carbonyl (C=O) groups is 1. The van der Waals surface area contributed by atoms with Crippen molar-refractivity contribution in [2.24, 2.45) is 5.73 Å². The largest absolute Gasteiger partial charge is 0.416 e. The van der Waals surface area contributed by atoms with Crippen LogP contribution in [0.25, 0.3) is 0 Å². The van der Waals surface area contributed by atoms with Crippen LogP contribution < -0.4 is 11.1 Å². The topological polar surface area (TPSA) is 58.4 Å². The zero-order valence-electron chi connectivity index (χ0n) is 13.7. The monoisotopic (exact) mass is 331 g/mol. The minimum atomic E-state index is -4.35. The van der Waals surface area contributed by atoms with Crippen LogP contribution in [0.1, 0.15) is 37.9 Å². The Morgan fingerprint density at radius 3 is 2.13 bits per heavy atom. The van der Waals surface area contributed by atoms with Gasteiger partial charge in [0.1, 0.15) is 0 Å². The Kier molecular flexibility index (Phi) is 7.02. The van der Waals surface area contributed by atoms with Gasteiger partial charge in [0, 0.05) is 6.54 Å². The molecule has 1 aromatic carbocycles. The summed E-state index contributed by atoms with van der Waals surface area (Å²) in [5, 5.41) is 2.75. The molecular weight excluding hydrogens is 307 g/mol. The van der Waals surface area contributed by atoms with Crippen molar-refractivity contribution in [1.82, 2.24) is 10.2 Å². The van der Waals surface area contributed by atoms with Gasteiger partial charge in [-0.3, -0.25) is 9.69 Å². The van der Waals surface area contributed by atoms with Gasteiger partial charge >= 0.3 is 6.18 Å². The third-order valence-corrected chi connectivity index (χ3v) is 3.76. The molecule has 130 valence electrons. The summed E-state index contributed by atoms with van der Waals surface area (Å²) in [4.78, 5) is 13.7. The van der Waals surface area contributed by atoms with Crippen molar-refractivity contribution in [3.63, 3.8) is 0 Å². The number of nitrogens with one attached hydrogen (secondary N) is 1. The maximum Gasteiger partial charge on any atom is 0.416 e. The van der Waals surface area contributed by atoms with Crippen molar-refractivity contribution in [3.8, 4) is 0 Å². The molecule has 0 spiro atoms. The number of nitrogens with two attached hydrogens (primary N) is 1. The molecule has 2 atom stereocenters. The van der Waals surface area contributed by atoms with Crippen LogP contribution >= 0.6 is 0 Å². The third kappa shape index (κ3) is 5.51. The van der Waals surface area contributed by atoms with Gasteiger partial charge in [0.15, 0.2) is 0 Å². The number of nitrogens with zero attached hydrogens (tertiary/aromatic N) is 1. The van der Waals surface area contributed by atoms with Crippen molar-refractivity contribution in [3.05, 3.63) is 35.4 Å². The lowest BCUT2D eigenvalue weighted by atomic mass is 10.0. The second-order valence-electron chi connectivity index (χ2n) is 5.39. The standard InChI is InChI=1S/C16H24F3N3O/c1-4-22(5-2)14(10-21-15(23)11(3)20)12-6-8-13(9-7-12)16(17,18)19/h6-9,11,14H,4-5,10,20H2,1-3H3,(H,21,23). The Labute approximate surface area is 134 Å². The summed E-state index contributed by atoms with van der Waals surface area (Å²) in [6.45, 7) is 7.25. The first-order chi connectivity index (χ1) is 10.7. The fourth-order valence-corrected chi connectivity index (χ4v) is 2.37. The number of hydrogen-bond donors (Lipinski definition) is 2. The van der Waals surface area contributed by atoms with Crippen molar-refractivity contribution in [2.75, 3.05) is 19.6 Å². The number of carbonyl (C=O) groups excluding carboxylic acids is 1. The minimum Gasteiger partial charge on any atom is -0.353 e. The number of benzene rings is 1. The number of alkyl halides is 3. The third-order valence-electron chi connectivity index (χ3n) is 3.76. The molecule has 0 fully saturated rings. The van der Waals surface area contributed by atoms with Crippen LogP contribution in [0.5, 0.6) is 0 Å². The minimum absolute atomic E-state index is 0.199. The number of halogens is 3. The summed E-state index contributed by atoms with van der Waals surface area (Å²) < 4.78 is 38.0. The van der Waals surface area contributed by atoms with E-state index in [-0.39, 0.29) is 11.9 Å². The van der Waals surface area contributed by atoms with Crippen LogP contribution in [0.3, 0.4) is 0 Å². The molecule has 4 nitrogen and oxygen atoms in total. The van der Waals surface area contributed by atoms with E-state index in [0.717, 1.165) is 30.8 Å². The van der Waals surface area contributed by atoms with Gasteiger partial charge < -0.3 is 11.1 Å². The molecule has 0 saturated heterocycles. The van der Waals surface area contributed by atoms with E-state index in [9.17, 15) is 18.0 Å². The highest BCUT2D eigenvalue weighted by molar-refractivity contribution is 5.80. The van der Waals surface area contributed by atoms with Gasteiger partial charge in [-0.05, 0) is 37.7 Å². The van der Waals surface area contributed by atoms with Gasteiger partial charge in [-0.15, -0.1) is 0 Å². The second-order valence-corrected chi connectivity index (χ2v) is 5.39. The number of amides is 1. The Hall–Kier alpha value is -1.60. The first-order valence-corrected chi connectivity index (χ1v) is 7.65. The molecule has 2 unspecified atom stereocenters. The molecule has 1 aromatic rings. The van der Waals surface area contributed by atoms with E-state index in [4.69, 9.17) is 5.73 Å². The van der Waals surface area contributed by atoms with Crippen LogP contribution in [0, 0.1) is 0 Å². The van der Waals surface area contributed by atoms with Crippen molar-refractivity contribution in [1.29, 1.82) is 0 Å². The summed E-state index contributed by atoms with van der Waals surface area (Å²) in [7, 11) is 0. The molecular formula is C16H24F3N3O. The first-order valence-electron chi connectivity index (χ1n) is 7.65. The molecule has 0 saturated carbocycles. The number of rotatable bonds is 7. The van der Waals surface area contributed by atoms with Crippen LogP contribution in [0.4, 0.5) is 13.2 Å². The van der Waals surface area contributed by atoms with E-state index in [0.29, 0.717) is 6.54 Å². The summed E-state index contributed by atoms with van der Waals surface area (Å²) in [5.41, 5.74) is 5.57. The summed E-state index contributed by atoms with van der Waals surface area (Å²) in [5.74, 6) is -0.283. The van der Waals surface area contributed by atoms with Gasteiger partial charge in [-0.1, -0.05) is 26.0 Å². The Balaban J connectivity index is 2.97. The van der Waals surface area contributed by atoms with Crippen molar-refractivity contribution < 1.29 is 18.0 Å². The lowest BCUT2D eigenvalue weighted by molar-refractivity contribution is -0.137. The van der Waals surface area contributed by atoms with Gasteiger partial charge in [0.2, 0.25) is 5.91 Å². The fourth-order valence-electron chi connectivity index (χ4n) is 2.37. The molecule has 0 bridgehead atoms.